The van der Waals surface area contributed by atoms with E-state index in [1.54, 1.807) is 4.90 Å². The van der Waals surface area contributed by atoms with Gasteiger partial charge in [-0.2, -0.15) is 0 Å². The smallest absolute Gasteiger partial charge is 0.227 e. The van der Waals surface area contributed by atoms with Crippen LogP contribution in [0.3, 0.4) is 0 Å². The maximum absolute atomic E-state index is 12.5. The molecule has 3 rings (SSSR count). The van der Waals surface area contributed by atoms with Gasteiger partial charge in [-0.1, -0.05) is 32.0 Å². The van der Waals surface area contributed by atoms with Crippen LogP contribution in [0.15, 0.2) is 30.3 Å². The van der Waals surface area contributed by atoms with Crippen molar-refractivity contribution in [3.8, 4) is 0 Å². The number of nitrogens with zero attached hydrogens (tertiary/aromatic N) is 2. The predicted molar refractivity (Wildman–Crippen MR) is 104 cm³/mol. The molecule has 0 spiro atoms. The standard InChI is InChI=1S/C21H31N3O2/c1-16(2)14-23-10-8-17(9-11-23)13-22-21(26)18-12-20(25)24(15-18)19-6-4-3-5-7-19/h3-7,16-18H,8-15H2,1-2H3,(H,22,26). The summed E-state index contributed by atoms with van der Waals surface area (Å²) < 4.78 is 0. The number of benzene rings is 1. The van der Waals surface area contributed by atoms with Crippen LogP contribution in [0.4, 0.5) is 5.69 Å². The van der Waals surface area contributed by atoms with Gasteiger partial charge < -0.3 is 15.1 Å². The Kier molecular flexibility index (Phi) is 6.30. The van der Waals surface area contributed by atoms with Crippen molar-refractivity contribution in [3.05, 3.63) is 30.3 Å². The van der Waals surface area contributed by atoms with Crippen LogP contribution in [-0.4, -0.2) is 49.4 Å². The highest BCUT2D eigenvalue weighted by molar-refractivity contribution is 6.00. The molecular weight excluding hydrogens is 326 g/mol. The van der Waals surface area contributed by atoms with E-state index in [1.807, 2.05) is 30.3 Å². The second kappa shape index (κ2) is 8.67. The van der Waals surface area contributed by atoms with E-state index < -0.39 is 0 Å². The van der Waals surface area contributed by atoms with Gasteiger partial charge in [-0.25, -0.2) is 0 Å². The van der Waals surface area contributed by atoms with Crippen molar-refractivity contribution in [1.82, 2.24) is 10.2 Å². The summed E-state index contributed by atoms with van der Waals surface area (Å²) in [5.74, 6) is 1.10. The lowest BCUT2D eigenvalue weighted by atomic mass is 9.95. The van der Waals surface area contributed by atoms with E-state index in [0.717, 1.165) is 38.2 Å². The minimum atomic E-state index is -0.233. The van der Waals surface area contributed by atoms with Crippen molar-refractivity contribution in [2.75, 3.05) is 37.6 Å². The fourth-order valence-electron chi connectivity index (χ4n) is 4.02. The average molecular weight is 357 g/mol. The van der Waals surface area contributed by atoms with Crippen LogP contribution >= 0.6 is 0 Å². The molecule has 2 amide bonds. The van der Waals surface area contributed by atoms with Gasteiger partial charge in [0.1, 0.15) is 0 Å². The fraction of sp³-hybridized carbons (Fsp3) is 0.619. The van der Waals surface area contributed by atoms with Gasteiger partial charge in [-0.05, 0) is 49.9 Å². The zero-order valence-corrected chi connectivity index (χ0v) is 16.0. The number of para-hydroxylation sites is 1. The van der Waals surface area contributed by atoms with Gasteiger partial charge in [0.2, 0.25) is 11.8 Å². The van der Waals surface area contributed by atoms with Crippen LogP contribution in [-0.2, 0) is 9.59 Å². The van der Waals surface area contributed by atoms with E-state index in [1.165, 1.54) is 6.54 Å². The monoisotopic (exact) mass is 357 g/mol. The van der Waals surface area contributed by atoms with Crippen molar-refractivity contribution in [2.24, 2.45) is 17.8 Å². The van der Waals surface area contributed by atoms with Crippen LogP contribution in [0, 0.1) is 17.8 Å². The summed E-state index contributed by atoms with van der Waals surface area (Å²) in [4.78, 5) is 29.0. The first kappa shape index (κ1) is 18.9. The molecule has 2 aliphatic heterocycles. The molecule has 0 bridgehead atoms. The minimum absolute atomic E-state index is 0.0291. The highest BCUT2D eigenvalue weighted by Gasteiger charge is 2.35. The van der Waals surface area contributed by atoms with Crippen molar-refractivity contribution in [3.63, 3.8) is 0 Å². The SMILES string of the molecule is CC(C)CN1CCC(CNC(=O)C2CC(=O)N(c3ccccc3)C2)CC1. The van der Waals surface area contributed by atoms with E-state index in [0.29, 0.717) is 24.8 Å². The number of amides is 2. The Labute approximate surface area is 156 Å². The van der Waals surface area contributed by atoms with Gasteiger partial charge in [0.05, 0.1) is 5.92 Å². The third-order valence-electron chi connectivity index (χ3n) is 5.46. The summed E-state index contributed by atoms with van der Waals surface area (Å²) in [6.45, 7) is 9.16. The van der Waals surface area contributed by atoms with Crippen LogP contribution in [0.25, 0.3) is 0 Å². The predicted octanol–water partition coefficient (Wildman–Crippen LogP) is 2.52. The molecule has 1 aromatic rings. The minimum Gasteiger partial charge on any atom is -0.356 e. The molecule has 5 heteroatoms. The molecule has 1 N–H and O–H groups in total. The summed E-state index contributed by atoms with van der Waals surface area (Å²) in [5, 5.41) is 3.11. The zero-order valence-electron chi connectivity index (χ0n) is 16.0. The molecule has 0 aliphatic carbocycles. The first-order valence-corrected chi connectivity index (χ1v) is 9.88. The number of rotatable bonds is 6. The van der Waals surface area contributed by atoms with Gasteiger partial charge in [0.15, 0.2) is 0 Å². The summed E-state index contributed by atoms with van der Waals surface area (Å²) in [7, 11) is 0. The Bertz CT molecular complexity index is 609. The van der Waals surface area contributed by atoms with Crippen molar-refractivity contribution in [2.45, 2.75) is 33.1 Å². The van der Waals surface area contributed by atoms with Crippen molar-refractivity contribution < 1.29 is 9.59 Å². The number of anilines is 1. The molecule has 26 heavy (non-hydrogen) atoms. The molecule has 1 atom stereocenters. The lowest BCUT2D eigenvalue weighted by molar-refractivity contribution is -0.126. The maximum atomic E-state index is 12.5. The van der Waals surface area contributed by atoms with E-state index in [9.17, 15) is 9.59 Å². The third-order valence-corrected chi connectivity index (χ3v) is 5.46. The van der Waals surface area contributed by atoms with E-state index in [2.05, 4.69) is 24.1 Å². The zero-order chi connectivity index (χ0) is 18.5. The van der Waals surface area contributed by atoms with Gasteiger partial charge in [-0.3, -0.25) is 9.59 Å². The maximum Gasteiger partial charge on any atom is 0.227 e. The molecule has 2 heterocycles. The van der Waals surface area contributed by atoms with Crippen LogP contribution in [0.5, 0.6) is 0 Å². The topological polar surface area (TPSA) is 52.7 Å². The average Bonchev–Trinajstić information content (AvgIpc) is 3.03. The van der Waals surface area contributed by atoms with Gasteiger partial charge in [0, 0.05) is 31.7 Å². The van der Waals surface area contributed by atoms with Crippen molar-refractivity contribution in [1.29, 1.82) is 0 Å². The molecule has 2 aliphatic rings. The fourth-order valence-corrected chi connectivity index (χ4v) is 4.02. The lowest BCUT2D eigenvalue weighted by Gasteiger charge is -2.33. The summed E-state index contributed by atoms with van der Waals surface area (Å²) in [5.41, 5.74) is 0.880. The summed E-state index contributed by atoms with van der Waals surface area (Å²) >= 11 is 0. The molecule has 142 valence electrons. The molecule has 2 saturated heterocycles. The number of likely N-dealkylation sites (tertiary alicyclic amines) is 1. The molecule has 1 aromatic carbocycles. The Balaban J connectivity index is 1.43. The first-order chi connectivity index (χ1) is 12.5. The molecule has 1 unspecified atom stereocenters. The van der Waals surface area contributed by atoms with Gasteiger partial charge in [0.25, 0.3) is 0 Å². The number of carbonyl (C=O) groups is 2. The summed E-state index contributed by atoms with van der Waals surface area (Å²) in [6.07, 6.45) is 2.60. The molecular formula is C21H31N3O2. The Morgan fingerprint density at radius 2 is 1.88 bits per heavy atom. The largest absolute Gasteiger partial charge is 0.356 e. The number of hydrogen-bond acceptors (Lipinski definition) is 3. The number of carbonyl (C=O) groups excluding carboxylic acids is 2. The van der Waals surface area contributed by atoms with Crippen molar-refractivity contribution >= 4 is 17.5 Å². The van der Waals surface area contributed by atoms with E-state index in [4.69, 9.17) is 0 Å². The lowest BCUT2D eigenvalue weighted by Crippen LogP contribution is -2.41. The normalized spacial score (nSPS) is 22.2. The second-order valence-electron chi connectivity index (χ2n) is 8.12. The highest BCUT2D eigenvalue weighted by Crippen LogP contribution is 2.25. The number of nitrogens with one attached hydrogen (secondary N) is 1. The molecule has 2 fully saturated rings. The van der Waals surface area contributed by atoms with E-state index in [-0.39, 0.29) is 17.7 Å². The molecule has 0 saturated carbocycles. The van der Waals surface area contributed by atoms with E-state index >= 15 is 0 Å². The number of piperidine rings is 1. The molecule has 5 nitrogen and oxygen atoms in total. The van der Waals surface area contributed by atoms with Crippen LogP contribution in [0.1, 0.15) is 33.1 Å². The second-order valence-corrected chi connectivity index (χ2v) is 8.12. The Morgan fingerprint density at radius 1 is 1.19 bits per heavy atom. The van der Waals surface area contributed by atoms with Gasteiger partial charge >= 0.3 is 0 Å². The quantitative estimate of drug-likeness (QED) is 0.851. The Morgan fingerprint density at radius 3 is 2.54 bits per heavy atom. The molecule has 0 aromatic heterocycles. The van der Waals surface area contributed by atoms with Crippen LogP contribution < -0.4 is 10.2 Å². The molecule has 0 radical (unpaired) electrons. The summed E-state index contributed by atoms with van der Waals surface area (Å²) in [6, 6.07) is 9.61. The Hall–Kier alpha value is -1.88. The first-order valence-electron chi connectivity index (χ1n) is 9.88. The van der Waals surface area contributed by atoms with Gasteiger partial charge in [-0.15, -0.1) is 0 Å². The number of hydrogen-bond donors (Lipinski definition) is 1. The third kappa shape index (κ3) is 4.85. The highest BCUT2D eigenvalue weighted by atomic mass is 16.2. The van der Waals surface area contributed by atoms with Crippen LogP contribution in [0.2, 0.25) is 0 Å².